The number of amides is 1. The molecule has 0 saturated carbocycles. The molecule has 44 heavy (non-hydrogen) atoms. The van der Waals surface area contributed by atoms with Crippen LogP contribution in [-0.2, 0) is 29.5 Å². The van der Waals surface area contributed by atoms with Gasteiger partial charge in [-0.15, -0.1) is 0 Å². The molecule has 232 valence electrons. The molecule has 1 atom stereocenters. The number of carbonyl (C=O) groups is 2. The smallest absolute Gasteiger partial charge is 0.337 e. The number of halogens is 3. The van der Waals surface area contributed by atoms with Gasteiger partial charge in [0.15, 0.2) is 17.7 Å². The Morgan fingerprint density at radius 2 is 1.82 bits per heavy atom. The van der Waals surface area contributed by atoms with Gasteiger partial charge < -0.3 is 24.5 Å². The molecule has 1 aliphatic rings. The number of fused-ring (bicyclic) bond motifs is 2. The zero-order valence-electron chi connectivity index (χ0n) is 25.4. The number of nitrogens with one attached hydrogen (secondary N) is 1. The second-order valence-electron chi connectivity index (χ2n) is 11.9. The highest BCUT2D eigenvalue weighted by molar-refractivity contribution is 6.04. The largest absolute Gasteiger partial charge is 0.490 e. The molecule has 5 rings (SSSR count). The molecule has 0 radical (unpaired) electrons. The van der Waals surface area contributed by atoms with E-state index < -0.39 is 47.6 Å². The number of nitrogens with zero attached hydrogens (tertiary/aromatic N) is 2. The summed E-state index contributed by atoms with van der Waals surface area (Å²) in [5.74, 6) is -3.89. The van der Waals surface area contributed by atoms with Crippen molar-refractivity contribution in [1.29, 1.82) is 0 Å². The predicted molar refractivity (Wildman–Crippen MR) is 158 cm³/mol. The summed E-state index contributed by atoms with van der Waals surface area (Å²) in [7, 11) is 1.60. The van der Waals surface area contributed by atoms with E-state index in [0.29, 0.717) is 58.4 Å². The van der Waals surface area contributed by atoms with Crippen LogP contribution >= 0.6 is 0 Å². The highest BCUT2D eigenvalue weighted by atomic mass is 19.1. The van der Waals surface area contributed by atoms with Crippen molar-refractivity contribution in [2.45, 2.75) is 65.7 Å². The van der Waals surface area contributed by atoms with Gasteiger partial charge in [0.25, 0.3) is 5.91 Å². The minimum atomic E-state index is -1.47. The summed E-state index contributed by atoms with van der Waals surface area (Å²) in [4.78, 5) is 30.8. The van der Waals surface area contributed by atoms with E-state index in [0.717, 1.165) is 12.1 Å². The van der Waals surface area contributed by atoms with Crippen LogP contribution in [0, 0.1) is 31.3 Å². The van der Waals surface area contributed by atoms with Gasteiger partial charge in [-0.3, -0.25) is 4.79 Å². The van der Waals surface area contributed by atoms with E-state index in [4.69, 9.17) is 9.47 Å². The van der Waals surface area contributed by atoms with Crippen LogP contribution in [-0.4, -0.2) is 38.7 Å². The molecule has 1 amide bonds. The van der Waals surface area contributed by atoms with Crippen LogP contribution < -0.4 is 10.1 Å². The van der Waals surface area contributed by atoms with Crippen LogP contribution in [0.1, 0.15) is 71.7 Å². The lowest BCUT2D eigenvalue weighted by atomic mass is 9.86. The molecule has 0 bridgehead atoms. The van der Waals surface area contributed by atoms with Crippen LogP contribution in [0.4, 0.5) is 13.2 Å². The zero-order valence-corrected chi connectivity index (χ0v) is 25.4. The van der Waals surface area contributed by atoms with Crippen LogP contribution in [0.5, 0.6) is 5.75 Å². The number of aryl methyl sites for hydroxylation is 2. The van der Waals surface area contributed by atoms with Crippen molar-refractivity contribution >= 4 is 22.9 Å². The number of pyridine rings is 1. The lowest BCUT2D eigenvalue weighted by Gasteiger charge is -2.29. The van der Waals surface area contributed by atoms with Crippen molar-refractivity contribution in [2.24, 2.45) is 7.05 Å². The molecule has 2 aromatic heterocycles. The number of carboxylic acid groups (broad SMARTS) is 1. The van der Waals surface area contributed by atoms with Crippen LogP contribution in [0.25, 0.3) is 22.2 Å². The molecule has 0 spiro atoms. The van der Waals surface area contributed by atoms with Gasteiger partial charge in [0, 0.05) is 46.9 Å². The molecule has 2 aromatic carbocycles. The molecule has 4 aromatic rings. The maximum Gasteiger partial charge on any atom is 0.337 e. The van der Waals surface area contributed by atoms with Crippen LogP contribution in [0.2, 0.25) is 0 Å². The summed E-state index contributed by atoms with van der Waals surface area (Å²) < 4.78 is 57.2. The molecule has 0 aliphatic carbocycles. The quantitative estimate of drug-likeness (QED) is 0.249. The number of aromatic nitrogens is 2. The van der Waals surface area contributed by atoms with Gasteiger partial charge in [-0.2, -0.15) is 0 Å². The molecule has 11 heteroatoms. The van der Waals surface area contributed by atoms with Crippen molar-refractivity contribution in [3.8, 4) is 16.9 Å². The molecule has 8 nitrogen and oxygen atoms in total. The van der Waals surface area contributed by atoms with Crippen molar-refractivity contribution in [2.75, 3.05) is 6.61 Å². The Balaban J connectivity index is 1.75. The van der Waals surface area contributed by atoms with Gasteiger partial charge in [-0.1, -0.05) is 6.07 Å². The minimum absolute atomic E-state index is 0.102. The van der Waals surface area contributed by atoms with Crippen molar-refractivity contribution in [3.63, 3.8) is 0 Å². The van der Waals surface area contributed by atoms with Gasteiger partial charge in [0.2, 0.25) is 0 Å². The van der Waals surface area contributed by atoms with E-state index in [9.17, 15) is 23.5 Å². The molecule has 0 unspecified atom stereocenters. The molecular weight excluding hydrogens is 575 g/mol. The average Bonchev–Trinajstić information content (AvgIpc) is 3.28. The van der Waals surface area contributed by atoms with Gasteiger partial charge in [-0.05, 0) is 82.9 Å². The summed E-state index contributed by atoms with van der Waals surface area (Å²) in [5, 5.41) is 13.3. The highest BCUT2D eigenvalue weighted by Gasteiger charge is 2.35. The van der Waals surface area contributed by atoms with Gasteiger partial charge in [0.05, 0.1) is 12.2 Å². The monoisotopic (exact) mass is 609 g/mol. The fourth-order valence-corrected chi connectivity index (χ4v) is 5.75. The second-order valence-corrected chi connectivity index (χ2v) is 11.9. The summed E-state index contributed by atoms with van der Waals surface area (Å²) >= 11 is 0. The third kappa shape index (κ3) is 5.63. The summed E-state index contributed by atoms with van der Waals surface area (Å²) in [6.07, 6.45) is -0.208. The molecule has 3 heterocycles. The van der Waals surface area contributed by atoms with E-state index >= 15 is 4.39 Å². The number of carbonyl (C=O) groups excluding carboxylic acids is 1. The SMILES string of the molecule is Cc1nc2c(cc(C(=O)NCc3c(F)cccc3F)n2C)c(-c2cc(F)c3c(c2C)CCCO3)c1[C@H](OC(C)(C)C)C(=O)O. The van der Waals surface area contributed by atoms with Crippen molar-refractivity contribution < 1.29 is 37.3 Å². The Bertz CT molecular complexity index is 1790. The van der Waals surface area contributed by atoms with E-state index in [1.165, 1.54) is 22.8 Å². The van der Waals surface area contributed by atoms with Crippen molar-refractivity contribution in [3.05, 3.63) is 81.4 Å². The number of benzene rings is 2. The van der Waals surface area contributed by atoms with Crippen molar-refractivity contribution in [1.82, 2.24) is 14.9 Å². The first-order valence-electron chi connectivity index (χ1n) is 14.3. The molecule has 2 N–H and O–H groups in total. The summed E-state index contributed by atoms with van der Waals surface area (Å²) in [6, 6.07) is 6.29. The fraction of sp³-hybridized carbons (Fsp3) is 0.364. The lowest BCUT2D eigenvalue weighted by Crippen LogP contribution is -2.28. The molecule has 0 saturated heterocycles. The Kier molecular flexibility index (Phi) is 8.19. The van der Waals surface area contributed by atoms with Crippen LogP contribution in [0.3, 0.4) is 0 Å². The first-order chi connectivity index (χ1) is 20.7. The average molecular weight is 610 g/mol. The third-order valence-electron chi connectivity index (χ3n) is 7.79. The maximum absolute atomic E-state index is 15.6. The topological polar surface area (TPSA) is 103 Å². The first-order valence-corrected chi connectivity index (χ1v) is 14.3. The van der Waals surface area contributed by atoms with Gasteiger partial charge in [0.1, 0.15) is 23.0 Å². The standard InChI is InChI=1S/C33H34F3N3O5/c1-16-18-9-8-12-43-28(18)24(36)13-19(16)27-20-14-25(31(40)37-15-21-22(34)10-7-11-23(21)35)39(6)30(20)38-17(2)26(27)29(32(41)42)44-33(3,4)5/h7,10-11,13-14,29H,8-9,12,15H2,1-6H3,(H,37,40)(H,41,42)/t29-/m0/s1. The minimum Gasteiger partial charge on any atom is -0.490 e. The van der Waals surface area contributed by atoms with Gasteiger partial charge in [-0.25, -0.2) is 22.9 Å². The van der Waals surface area contributed by atoms with E-state index in [1.54, 1.807) is 34.7 Å². The first kappa shape index (κ1) is 31.1. The highest BCUT2D eigenvalue weighted by Crippen LogP contribution is 2.44. The Morgan fingerprint density at radius 1 is 1.14 bits per heavy atom. The number of aliphatic carboxylic acids is 1. The van der Waals surface area contributed by atoms with E-state index in [1.807, 2.05) is 6.92 Å². The number of hydrogen-bond donors (Lipinski definition) is 2. The normalized spacial score (nSPS) is 13.8. The van der Waals surface area contributed by atoms with Crippen LogP contribution in [0.15, 0.2) is 30.3 Å². The number of rotatable bonds is 7. The molecular formula is C33H34F3N3O5. The fourth-order valence-electron chi connectivity index (χ4n) is 5.75. The second kappa shape index (κ2) is 11.6. The number of hydrogen-bond acceptors (Lipinski definition) is 5. The summed E-state index contributed by atoms with van der Waals surface area (Å²) in [6.45, 7) is 8.64. The molecule has 0 fully saturated rings. The van der Waals surface area contributed by atoms with E-state index in [2.05, 4.69) is 10.3 Å². The number of carboxylic acids is 1. The third-order valence-corrected chi connectivity index (χ3v) is 7.79. The lowest BCUT2D eigenvalue weighted by molar-refractivity contribution is -0.160. The molecule has 1 aliphatic heterocycles. The van der Waals surface area contributed by atoms with E-state index in [-0.39, 0.29) is 22.6 Å². The predicted octanol–water partition coefficient (Wildman–Crippen LogP) is 6.47. The summed E-state index contributed by atoms with van der Waals surface area (Å²) in [5.41, 5.74) is 2.00. The Hall–Kier alpha value is -4.38. The Labute approximate surface area is 252 Å². The maximum atomic E-state index is 15.6. The Morgan fingerprint density at radius 3 is 2.45 bits per heavy atom. The van der Waals surface area contributed by atoms with Gasteiger partial charge >= 0.3 is 5.97 Å². The zero-order chi connectivity index (χ0) is 32.1. The number of ether oxygens (including phenoxy) is 2.